The van der Waals surface area contributed by atoms with Gasteiger partial charge in [-0.05, 0) is 34.8 Å². The molecule has 2 rings (SSSR count). The van der Waals surface area contributed by atoms with Gasteiger partial charge in [0.15, 0.2) is 0 Å². The molecule has 110 valence electrons. The predicted molar refractivity (Wildman–Crippen MR) is 81.8 cm³/mol. The lowest BCUT2D eigenvalue weighted by atomic mass is 9.99. The van der Waals surface area contributed by atoms with Crippen LogP contribution in [0.5, 0.6) is 0 Å². The summed E-state index contributed by atoms with van der Waals surface area (Å²) in [5, 5.41) is 9.40. The van der Waals surface area contributed by atoms with Crippen LogP contribution in [0.4, 0.5) is 0 Å². The van der Waals surface area contributed by atoms with E-state index >= 15 is 0 Å². The van der Waals surface area contributed by atoms with Gasteiger partial charge in [0.2, 0.25) is 5.91 Å². The number of halogens is 1. The van der Waals surface area contributed by atoms with Crippen LogP contribution in [0.25, 0.3) is 0 Å². The number of aryl methyl sites for hydroxylation is 1. The maximum atomic E-state index is 12.2. The van der Waals surface area contributed by atoms with Crippen molar-refractivity contribution in [3.8, 4) is 0 Å². The standard InChI is InChI=1S/C14H18BrNO3S/c1-7(2)6-16-12(17)4-9(14(18)19)13(16)11-5-10(15)8(3)20-11/h5,7,9,13H,4,6H2,1-3H3,(H,18,19). The van der Waals surface area contributed by atoms with Crippen LogP contribution >= 0.6 is 27.3 Å². The third-order valence-electron chi connectivity index (χ3n) is 3.48. The van der Waals surface area contributed by atoms with E-state index in [1.54, 1.807) is 16.2 Å². The first-order chi connectivity index (χ1) is 9.31. The lowest BCUT2D eigenvalue weighted by Gasteiger charge is -2.27. The minimum absolute atomic E-state index is 0.0572. The van der Waals surface area contributed by atoms with Gasteiger partial charge in [0.25, 0.3) is 0 Å². The molecule has 2 heterocycles. The average Bonchev–Trinajstić information content (AvgIpc) is 2.81. The normalized spacial score (nSPS) is 22.9. The van der Waals surface area contributed by atoms with Gasteiger partial charge < -0.3 is 10.0 Å². The highest BCUT2D eigenvalue weighted by atomic mass is 79.9. The van der Waals surface area contributed by atoms with E-state index in [0.717, 1.165) is 14.2 Å². The highest BCUT2D eigenvalue weighted by molar-refractivity contribution is 9.10. The van der Waals surface area contributed by atoms with E-state index in [-0.39, 0.29) is 18.4 Å². The summed E-state index contributed by atoms with van der Waals surface area (Å²) in [4.78, 5) is 27.4. The fourth-order valence-corrected chi connectivity index (χ4v) is 4.34. The number of aliphatic carboxylic acids is 1. The molecule has 1 fully saturated rings. The summed E-state index contributed by atoms with van der Waals surface area (Å²) in [5.74, 6) is -1.28. The molecule has 1 saturated heterocycles. The monoisotopic (exact) mass is 359 g/mol. The molecule has 0 aliphatic carbocycles. The van der Waals surface area contributed by atoms with Gasteiger partial charge in [-0.1, -0.05) is 13.8 Å². The third kappa shape index (κ3) is 2.91. The van der Waals surface area contributed by atoms with Crippen LogP contribution < -0.4 is 0 Å². The fraction of sp³-hybridized carbons (Fsp3) is 0.571. The number of carbonyl (C=O) groups excluding carboxylic acids is 1. The SMILES string of the molecule is Cc1sc(C2C(C(=O)O)CC(=O)N2CC(C)C)cc1Br. The zero-order chi connectivity index (χ0) is 15.0. The quantitative estimate of drug-likeness (QED) is 0.895. The van der Waals surface area contributed by atoms with Crippen molar-refractivity contribution in [2.24, 2.45) is 11.8 Å². The van der Waals surface area contributed by atoms with E-state index in [0.29, 0.717) is 12.5 Å². The van der Waals surface area contributed by atoms with Crippen molar-refractivity contribution in [3.63, 3.8) is 0 Å². The van der Waals surface area contributed by atoms with Gasteiger partial charge in [-0.25, -0.2) is 0 Å². The number of nitrogens with zero attached hydrogens (tertiary/aromatic N) is 1. The van der Waals surface area contributed by atoms with E-state index in [1.165, 1.54) is 0 Å². The molecule has 1 aromatic rings. The second-order valence-electron chi connectivity index (χ2n) is 5.59. The smallest absolute Gasteiger partial charge is 0.309 e. The molecule has 0 radical (unpaired) electrons. The molecule has 6 heteroatoms. The number of amides is 1. The molecule has 0 aromatic carbocycles. The molecule has 20 heavy (non-hydrogen) atoms. The van der Waals surface area contributed by atoms with Crippen molar-refractivity contribution >= 4 is 39.1 Å². The number of hydrogen-bond acceptors (Lipinski definition) is 3. The van der Waals surface area contributed by atoms with Gasteiger partial charge in [0, 0.05) is 27.2 Å². The number of carboxylic acid groups (broad SMARTS) is 1. The Balaban J connectivity index is 2.40. The number of carbonyl (C=O) groups is 2. The van der Waals surface area contributed by atoms with Gasteiger partial charge in [0.05, 0.1) is 12.0 Å². The van der Waals surface area contributed by atoms with Crippen molar-refractivity contribution < 1.29 is 14.7 Å². The van der Waals surface area contributed by atoms with Crippen molar-refractivity contribution in [1.82, 2.24) is 4.90 Å². The minimum Gasteiger partial charge on any atom is -0.481 e. The van der Waals surface area contributed by atoms with Gasteiger partial charge in [-0.2, -0.15) is 0 Å². The molecule has 4 nitrogen and oxygen atoms in total. The fourth-order valence-electron chi connectivity index (χ4n) is 2.60. The predicted octanol–water partition coefficient (Wildman–Crippen LogP) is 3.45. The minimum atomic E-state index is -0.892. The van der Waals surface area contributed by atoms with Crippen LogP contribution in [0.15, 0.2) is 10.5 Å². The Bertz CT molecular complexity index is 521. The van der Waals surface area contributed by atoms with Crippen LogP contribution in [0, 0.1) is 18.8 Å². The zero-order valence-electron chi connectivity index (χ0n) is 11.7. The van der Waals surface area contributed by atoms with Crippen molar-refractivity contribution in [1.29, 1.82) is 0 Å². The number of hydrogen-bond donors (Lipinski definition) is 1. The van der Waals surface area contributed by atoms with E-state index in [1.807, 2.05) is 26.8 Å². The van der Waals surface area contributed by atoms with E-state index in [4.69, 9.17) is 0 Å². The lowest BCUT2D eigenvalue weighted by Crippen LogP contribution is -2.33. The molecule has 1 aromatic heterocycles. The molecular weight excluding hydrogens is 342 g/mol. The van der Waals surface area contributed by atoms with E-state index in [9.17, 15) is 14.7 Å². The van der Waals surface area contributed by atoms with Gasteiger partial charge in [-0.3, -0.25) is 9.59 Å². The molecule has 1 N–H and O–H groups in total. The van der Waals surface area contributed by atoms with Crippen LogP contribution in [0.3, 0.4) is 0 Å². The Morgan fingerprint density at radius 3 is 2.70 bits per heavy atom. The van der Waals surface area contributed by atoms with Gasteiger partial charge in [0.1, 0.15) is 0 Å². The van der Waals surface area contributed by atoms with Crippen molar-refractivity contribution in [2.45, 2.75) is 33.2 Å². The Labute approximate surface area is 130 Å². The summed E-state index contributed by atoms with van der Waals surface area (Å²) in [6.07, 6.45) is 0.0985. The van der Waals surface area contributed by atoms with Crippen LogP contribution in [-0.4, -0.2) is 28.4 Å². The number of carboxylic acids is 1. The molecule has 0 saturated carbocycles. The Hall–Kier alpha value is -0.880. The Kier molecular flexibility index (Phi) is 4.54. The zero-order valence-corrected chi connectivity index (χ0v) is 14.1. The van der Waals surface area contributed by atoms with Crippen LogP contribution in [-0.2, 0) is 9.59 Å². The Morgan fingerprint density at radius 2 is 2.25 bits per heavy atom. The summed E-state index contributed by atoms with van der Waals surface area (Å²) in [5.41, 5.74) is 0. The first-order valence-corrected chi connectivity index (χ1v) is 8.20. The summed E-state index contributed by atoms with van der Waals surface area (Å²) < 4.78 is 0.977. The summed E-state index contributed by atoms with van der Waals surface area (Å²) >= 11 is 5.03. The first kappa shape index (κ1) is 15.5. The molecule has 2 atom stereocenters. The summed E-state index contributed by atoms with van der Waals surface area (Å²) in [6.45, 7) is 6.65. The molecular formula is C14H18BrNO3S. The van der Waals surface area contributed by atoms with Crippen LogP contribution in [0.1, 0.15) is 36.1 Å². The molecule has 0 spiro atoms. The maximum absolute atomic E-state index is 12.2. The van der Waals surface area contributed by atoms with E-state index in [2.05, 4.69) is 15.9 Å². The first-order valence-electron chi connectivity index (χ1n) is 6.59. The Morgan fingerprint density at radius 1 is 1.60 bits per heavy atom. The second-order valence-corrected chi connectivity index (χ2v) is 7.73. The summed E-state index contributed by atoms with van der Waals surface area (Å²) in [6, 6.07) is 1.62. The molecule has 1 aliphatic rings. The average molecular weight is 360 g/mol. The summed E-state index contributed by atoms with van der Waals surface area (Å²) in [7, 11) is 0. The topological polar surface area (TPSA) is 57.6 Å². The van der Waals surface area contributed by atoms with Gasteiger partial charge >= 0.3 is 5.97 Å². The van der Waals surface area contributed by atoms with Gasteiger partial charge in [-0.15, -0.1) is 11.3 Å². The van der Waals surface area contributed by atoms with Crippen LogP contribution in [0.2, 0.25) is 0 Å². The van der Waals surface area contributed by atoms with Crippen molar-refractivity contribution in [2.75, 3.05) is 6.54 Å². The highest BCUT2D eigenvalue weighted by Crippen LogP contribution is 2.43. The number of likely N-dealkylation sites (tertiary alicyclic amines) is 1. The number of thiophene rings is 1. The second kappa shape index (κ2) is 5.85. The largest absolute Gasteiger partial charge is 0.481 e. The third-order valence-corrected chi connectivity index (χ3v) is 5.69. The highest BCUT2D eigenvalue weighted by Gasteiger charge is 2.45. The number of rotatable bonds is 4. The lowest BCUT2D eigenvalue weighted by molar-refractivity contribution is -0.142. The molecule has 0 bridgehead atoms. The molecule has 1 aliphatic heterocycles. The molecule has 2 unspecified atom stereocenters. The molecule has 1 amide bonds. The van der Waals surface area contributed by atoms with Crippen molar-refractivity contribution in [3.05, 3.63) is 20.3 Å². The van der Waals surface area contributed by atoms with E-state index < -0.39 is 11.9 Å². The maximum Gasteiger partial charge on any atom is 0.309 e.